The summed E-state index contributed by atoms with van der Waals surface area (Å²) in [6.45, 7) is 0.641. The van der Waals surface area contributed by atoms with Gasteiger partial charge in [-0.1, -0.05) is 23.9 Å². The van der Waals surface area contributed by atoms with Gasteiger partial charge in [0.15, 0.2) is 0 Å². The monoisotopic (exact) mass is 375 g/mol. The molecule has 0 spiro atoms. The molecule has 0 bridgehead atoms. The van der Waals surface area contributed by atoms with E-state index in [1.54, 1.807) is 4.57 Å². The molecule has 1 aromatic carbocycles. The minimum atomic E-state index is -4.72. The highest BCUT2D eigenvalue weighted by molar-refractivity contribution is 7.99. The third-order valence-corrected chi connectivity index (χ3v) is 4.48. The number of thioether (sulfide) groups is 1. The molecule has 3 rings (SSSR count). The van der Waals surface area contributed by atoms with Crippen LogP contribution < -0.4 is 4.74 Å². The van der Waals surface area contributed by atoms with Gasteiger partial charge in [-0.15, -0.1) is 13.2 Å². The van der Waals surface area contributed by atoms with Gasteiger partial charge in [-0.05, 0) is 27.6 Å². The Morgan fingerprint density at radius 2 is 2.08 bits per heavy atom. The quantitative estimate of drug-likeness (QED) is 0.589. The Bertz CT molecular complexity index is 764. The molecule has 7 nitrogen and oxygen atoms in total. The molecule has 0 aliphatic carbocycles. The van der Waals surface area contributed by atoms with Crippen molar-refractivity contribution in [2.45, 2.75) is 30.8 Å². The molecule has 1 aliphatic heterocycles. The molecule has 0 radical (unpaired) electrons. The predicted molar refractivity (Wildman–Crippen MR) is 81.3 cm³/mol. The van der Waals surface area contributed by atoms with Gasteiger partial charge in [0.25, 0.3) is 5.16 Å². The Morgan fingerprint density at radius 3 is 2.72 bits per heavy atom. The number of halogens is 3. The maximum atomic E-state index is 12.1. The summed E-state index contributed by atoms with van der Waals surface area (Å²) in [6.07, 6.45) is -3.54. The number of hydrogen-bond donors (Lipinski definition) is 0. The van der Waals surface area contributed by atoms with Crippen LogP contribution >= 0.6 is 11.8 Å². The lowest BCUT2D eigenvalue weighted by atomic mass is 10.2. The number of benzene rings is 1. The Labute approximate surface area is 143 Å². The Hall–Kier alpha value is -2.27. The molecule has 0 N–H and O–H groups in total. The molecular formula is C14H12F3N3O4S. The second-order valence-electron chi connectivity index (χ2n) is 5.23. The number of nitrogens with zero attached hydrogens (tertiary/aromatic N) is 3. The summed E-state index contributed by atoms with van der Waals surface area (Å²) in [5, 5.41) is 11.3. The molecule has 11 heteroatoms. The van der Waals surface area contributed by atoms with Crippen LogP contribution in [-0.2, 0) is 17.9 Å². The topological polar surface area (TPSA) is 79.4 Å². The molecule has 0 unspecified atom stereocenters. The van der Waals surface area contributed by atoms with Crippen molar-refractivity contribution in [2.75, 3.05) is 5.75 Å². The van der Waals surface area contributed by atoms with Crippen molar-refractivity contribution in [1.29, 1.82) is 0 Å². The summed E-state index contributed by atoms with van der Waals surface area (Å²) in [7, 11) is 0. The smallest absolute Gasteiger partial charge is 0.406 e. The SMILES string of the molecule is O=[N+]([O-])c1cn2c(n1)SC[C@@H](OCc1ccc(OC(F)(F)F)cc1)C2. The van der Waals surface area contributed by atoms with Crippen LogP contribution in [0.4, 0.5) is 19.0 Å². The molecule has 1 aromatic heterocycles. The van der Waals surface area contributed by atoms with Gasteiger partial charge in [-0.25, -0.2) is 0 Å². The van der Waals surface area contributed by atoms with Crippen LogP contribution in [0.3, 0.4) is 0 Å². The van der Waals surface area contributed by atoms with E-state index in [0.717, 1.165) is 0 Å². The lowest BCUT2D eigenvalue weighted by Crippen LogP contribution is -2.26. The molecule has 134 valence electrons. The second kappa shape index (κ2) is 6.92. The average molecular weight is 375 g/mol. The van der Waals surface area contributed by atoms with Crippen molar-refractivity contribution in [3.63, 3.8) is 0 Å². The van der Waals surface area contributed by atoms with Crippen molar-refractivity contribution in [2.24, 2.45) is 0 Å². The molecule has 2 aromatic rings. The van der Waals surface area contributed by atoms with Crippen molar-refractivity contribution >= 4 is 17.6 Å². The lowest BCUT2D eigenvalue weighted by Gasteiger charge is -2.21. The molecule has 2 heterocycles. The van der Waals surface area contributed by atoms with E-state index in [9.17, 15) is 23.3 Å². The van der Waals surface area contributed by atoms with E-state index in [2.05, 4.69) is 9.72 Å². The lowest BCUT2D eigenvalue weighted by molar-refractivity contribution is -0.389. The number of aromatic nitrogens is 2. The average Bonchev–Trinajstić information content (AvgIpc) is 2.96. The van der Waals surface area contributed by atoms with Crippen molar-refractivity contribution in [3.8, 4) is 5.75 Å². The maximum absolute atomic E-state index is 12.1. The number of imidazole rings is 1. The highest BCUT2D eigenvalue weighted by atomic mass is 32.2. The summed E-state index contributed by atoms with van der Waals surface area (Å²) < 4.78 is 47.5. The van der Waals surface area contributed by atoms with Crippen LogP contribution in [0, 0.1) is 10.1 Å². The van der Waals surface area contributed by atoms with Crippen LogP contribution in [0.1, 0.15) is 5.56 Å². The van der Waals surface area contributed by atoms with Crippen molar-refractivity contribution in [1.82, 2.24) is 9.55 Å². The Morgan fingerprint density at radius 1 is 1.36 bits per heavy atom. The van der Waals surface area contributed by atoms with E-state index < -0.39 is 11.3 Å². The normalized spacial score (nSPS) is 17.2. The van der Waals surface area contributed by atoms with Gasteiger partial charge < -0.3 is 19.6 Å². The molecule has 0 amide bonds. The molecule has 0 saturated heterocycles. The predicted octanol–water partition coefficient (Wildman–Crippen LogP) is 3.38. The summed E-state index contributed by atoms with van der Waals surface area (Å²) in [6, 6.07) is 5.42. The van der Waals surface area contributed by atoms with Crippen LogP contribution in [0.25, 0.3) is 0 Å². The zero-order valence-corrected chi connectivity index (χ0v) is 13.4. The summed E-state index contributed by atoms with van der Waals surface area (Å²) >= 11 is 1.36. The van der Waals surface area contributed by atoms with Crippen LogP contribution in [0.15, 0.2) is 35.6 Å². The standard InChI is InChI=1S/C14H12F3N3O4S/c15-14(16,17)24-10-3-1-9(2-4-10)7-23-11-5-19-6-12(20(21)22)18-13(19)25-8-11/h1-4,6,11H,5,7-8H2/t11-/m0/s1. The second-order valence-corrected chi connectivity index (χ2v) is 6.21. The molecule has 1 atom stereocenters. The first kappa shape index (κ1) is 17.5. The van der Waals surface area contributed by atoms with Crippen molar-refractivity contribution in [3.05, 3.63) is 46.1 Å². The number of ether oxygens (including phenoxy) is 2. The Balaban J connectivity index is 1.54. The third-order valence-electron chi connectivity index (χ3n) is 3.36. The zero-order chi connectivity index (χ0) is 18.0. The number of alkyl halides is 3. The van der Waals surface area contributed by atoms with E-state index in [0.29, 0.717) is 23.0 Å². The summed E-state index contributed by atoms with van der Waals surface area (Å²) in [5.41, 5.74) is 0.696. The van der Waals surface area contributed by atoms with Gasteiger partial charge in [0, 0.05) is 5.75 Å². The van der Waals surface area contributed by atoms with E-state index in [-0.39, 0.29) is 24.3 Å². The maximum Gasteiger partial charge on any atom is 0.573 e. The van der Waals surface area contributed by atoms with Crippen molar-refractivity contribution < 1.29 is 27.6 Å². The summed E-state index contributed by atoms with van der Waals surface area (Å²) in [5.74, 6) is 0.0897. The fraction of sp³-hybridized carbons (Fsp3) is 0.357. The first-order valence-electron chi connectivity index (χ1n) is 7.11. The molecule has 25 heavy (non-hydrogen) atoms. The first-order valence-corrected chi connectivity index (χ1v) is 8.09. The highest BCUT2D eigenvalue weighted by Crippen LogP contribution is 2.28. The van der Waals surface area contributed by atoms with Gasteiger partial charge in [0.1, 0.15) is 11.9 Å². The fourth-order valence-corrected chi connectivity index (χ4v) is 3.25. The third kappa shape index (κ3) is 4.63. The van der Waals surface area contributed by atoms with Gasteiger partial charge >= 0.3 is 12.2 Å². The van der Waals surface area contributed by atoms with Gasteiger partial charge in [0.2, 0.25) is 0 Å². The largest absolute Gasteiger partial charge is 0.573 e. The van der Waals surface area contributed by atoms with Crippen LogP contribution in [-0.4, -0.2) is 32.7 Å². The highest BCUT2D eigenvalue weighted by Gasteiger charge is 2.31. The summed E-state index contributed by atoms with van der Waals surface area (Å²) in [4.78, 5) is 14.1. The Kier molecular flexibility index (Phi) is 4.86. The van der Waals surface area contributed by atoms with Crippen LogP contribution in [0.2, 0.25) is 0 Å². The van der Waals surface area contributed by atoms with Gasteiger partial charge in [-0.2, -0.15) is 0 Å². The van der Waals surface area contributed by atoms with Crippen LogP contribution in [0.5, 0.6) is 5.75 Å². The number of nitro groups is 1. The van der Waals surface area contributed by atoms with Gasteiger partial charge in [-0.3, -0.25) is 4.57 Å². The molecule has 0 fully saturated rings. The zero-order valence-electron chi connectivity index (χ0n) is 12.6. The van der Waals surface area contributed by atoms with E-state index in [4.69, 9.17) is 4.74 Å². The fourth-order valence-electron chi connectivity index (χ4n) is 2.26. The molecule has 0 saturated carbocycles. The van der Waals surface area contributed by atoms with E-state index >= 15 is 0 Å². The number of rotatable bonds is 5. The minimum Gasteiger partial charge on any atom is -0.406 e. The number of fused-ring (bicyclic) bond motifs is 1. The molecule has 1 aliphatic rings. The van der Waals surface area contributed by atoms with E-state index in [1.165, 1.54) is 42.2 Å². The van der Waals surface area contributed by atoms with E-state index in [1.807, 2.05) is 0 Å². The first-order chi connectivity index (χ1) is 11.8. The van der Waals surface area contributed by atoms with Gasteiger partial charge in [0.05, 0.1) is 19.3 Å². The minimum absolute atomic E-state index is 0.183. The number of hydrogen-bond acceptors (Lipinski definition) is 6. The molecular weight excluding hydrogens is 363 g/mol.